The van der Waals surface area contributed by atoms with Gasteiger partial charge in [-0.25, -0.2) is 0 Å². The van der Waals surface area contributed by atoms with Crippen LogP contribution in [0.15, 0.2) is 36.4 Å². The van der Waals surface area contributed by atoms with Crippen LogP contribution in [0.1, 0.15) is 42.5 Å². The number of benzene rings is 2. The summed E-state index contributed by atoms with van der Waals surface area (Å²) in [5.41, 5.74) is 5.92. The Morgan fingerprint density at radius 1 is 1.10 bits per heavy atom. The number of fused-ring (bicyclic) bond motifs is 1. The Kier molecular flexibility index (Phi) is 8.13. The van der Waals surface area contributed by atoms with Crippen LogP contribution in [0.2, 0.25) is 5.02 Å². The molecule has 2 aromatic rings. The largest absolute Gasteiger partial charge is 0.772 e. The third kappa shape index (κ3) is 6.29. The Labute approximate surface area is 181 Å². The zero-order chi connectivity index (χ0) is 20.8. The highest BCUT2D eigenvalue weighted by Crippen LogP contribution is 2.31. The van der Waals surface area contributed by atoms with Gasteiger partial charge in [0.15, 0.2) is 0 Å². The highest BCUT2D eigenvalue weighted by Gasteiger charge is 2.15. The molecule has 2 unspecified atom stereocenters. The molecule has 0 aromatic heterocycles. The highest BCUT2D eigenvalue weighted by molar-refractivity contribution is 7.79. The maximum Gasteiger partial charge on any atom is 0.0640 e. The van der Waals surface area contributed by atoms with Crippen molar-refractivity contribution in [3.8, 4) is 0 Å². The van der Waals surface area contributed by atoms with Gasteiger partial charge in [0.25, 0.3) is 0 Å². The first kappa shape index (κ1) is 22.3. The molecule has 0 spiro atoms. The van der Waals surface area contributed by atoms with Crippen molar-refractivity contribution in [2.24, 2.45) is 5.92 Å². The Bertz CT molecular complexity index is 840. The molecule has 0 fully saturated rings. The van der Waals surface area contributed by atoms with Gasteiger partial charge in [-0.2, -0.15) is 0 Å². The van der Waals surface area contributed by atoms with Crippen molar-refractivity contribution in [1.29, 1.82) is 0 Å². The minimum atomic E-state index is -2.05. The SMILES string of the molecule is CC(C)CC(Cc1ccc(CNc2c(Cl)ccc3c2CCNCC3)cc1)S(=O)[O-]. The van der Waals surface area contributed by atoms with Gasteiger partial charge in [-0.15, -0.1) is 0 Å². The molecule has 3 rings (SSSR count). The second-order valence-corrected chi connectivity index (χ2v) is 9.79. The van der Waals surface area contributed by atoms with Crippen molar-refractivity contribution in [1.82, 2.24) is 5.32 Å². The molecule has 1 aliphatic rings. The van der Waals surface area contributed by atoms with Crippen LogP contribution in [0, 0.1) is 5.92 Å². The van der Waals surface area contributed by atoms with Crippen LogP contribution in [0.4, 0.5) is 5.69 Å². The quantitative estimate of drug-likeness (QED) is 0.602. The lowest BCUT2D eigenvalue weighted by Gasteiger charge is -2.21. The Morgan fingerprint density at radius 2 is 1.79 bits per heavy atom. The lowest BCUT2D eigenvalue weighted by atomic mass is 10.00. The van der Waals surface area contributed by atoms with Gasteiger partial charge in [-0.3, -0.25) is 4.21 Å². The van der Waals surface area contributed by atoms with Crippen LogP contribution in [-0.2, 0) is 36.9 Å². The first-order valence-electron chi connectivity index (χ1n) is 10.3. The number of nitrogens with one attached hydrogen (secondary N) is 2. The predicted molar refractivity (Wildman–Crippen MR) is 121 cm³/mol. The van der Waals surface area contributed by atoms with E-state index in [4.69, 9.17) is 11.6 Å². The zero-order valence-corrected chi connectivity index (χ0v) is 18.7. The fraction of sp³-hybridized carbons (Fsp3) is 0.478. The van der Waals surface area contributed by atoms with Crippen molar-refractivity contribution in [2.75, 3.05) is 18.4 Å². The van der Waals surface area contributed by atoms with Crippen molar-refractivity contribution < 1.29 is 8.76 Å². The highest BCUT2D eigenvalue weighted by atomic mass is 35.5. The Morgan fingerprint density at radius 3 is 2.48 bits per heavy atom. The lowest BCUT2D eigenvalue weighted by molar-refractivity contribution is 0.488. The fourth-order valence-electron chi connectivity index (χ4n) is 3.94. The Balaban J connectivity index is 1.66. The van der Waals surface area contributed by atoms with Crippen LogP contribution in [-0.4, -0.2) is 27.1 Å². The molecule has 158 valence electrons. The minimum Gasteiger partial charge on any atom is -0.772 e. The number of anilines is 1. The fourth-order valence-corrected chi connectivity index (χ4v) is 5.05. The lowest BCUT2D eigenvalue weighted by Crippen LogP contribution is -2.20. The van der Waals surface area contributed by atoms with Gasteiger partial charge in [-0.05, 0) is 73.0 Å². The molecule has 0 bridgehead atoms. The normalized spacial score (nSPS) is 16.2. The van der Waals surface area contributed by atoms with E-state index >= 15 is 0 Å². The molecule has 0 amide bonds. The molecule has 1 heterocycles. The van der Waals surface area contributed by atoms with Gasteiger partial charge in [0.05, 0.1) is 10.7 Å². The zero-order valence-electron chi connectivity index (χ0n) is 17.2. The summed E-state index contributed by atoms with van der Waals surface area (Å²) in [6.07, 6.45) is 3.24. The average molecular weight is 434 g/mol. The monoisotopic (exact) mass is 433 g/mol. The van der Waals surface area contributed by atoms with Gasteiger partial charge in [0.1, 0.15) is 0 Å². The van der Waals surface area contributed by atoms with E-state index < -0.39 is 11.1 Å². The van der Waals surface area contributed by atoms with E-state index in [1.54, 1.807) is 0 Å². The van der Waals surface area contributed by atoms with Gasteiger partial charge in [0.2, 0.25) is 0 Å². The van der Waals surface area contributed by atoms with Crippen molar-refractivity contribution in [3.63, 3.8) is 0 Å². The van der Waals surface area contributed by atoms with Crippen LogP contribution < -0.4 is 10.6 Å². The first-order valence-corrected chi connectivity index (χ1v) is 11.9. The van der Waals surface area contributed by atoms with E-state index in [0.717, 1.165) is 47.8 Å². The molecule has 0 radical (unpaired) electrons. The molecule has 1 aliphatic heterocycles. The summed E-state index contributed by atoms with van der Waals surface area (Å²) in [5.74, 6) is 0.363. The second kappa shape index (κ2) is 10.6. The smallest absolute Gasteiger partial charge is 0.0640 e. The minimum absolute atomic E-state index is 0.328. The maximum atomic E-state index is 11.5. The molecule has 0 saturated carbocycles. The van der Waals surface area contributed by atoms with E-state index in [2.05, 4.69) is 42.7 Å². The van der Waals surface area contributed by atoms with E-state index in [1.807, 2.05) is 18.2 Å². The predicted octanol–water partition coefficient (Wildman–Crippen LogP) is 4.48. The van der Waals surface area contributed by atoms with Crippen LogP contribution in [0.5, 0.6) is 0 Å². The number of hydrogen-bond donors (Lipinski definition) is 2. The summed E-state index contributed by atoms with van der Waals surface area (Å²) in [6.45, 7) is 6.77. The molecule has 6 heteroatoms. The summed E-state index contributed by atoms with van der Waals surface area (Å²) in [6, 6.07) is 12.3. The molecule has 0 aliphatic carbocycles. The summed E-state index contributed by atoms with van der Waals surface area (Å²) in [4.78, 5) is 0. The first-order chi connectivity index (χ1) is 13.9. The average Bonchev–Trinajstić information content (AvgIpc) is 2.93. The van der Waals surface area contributed by atoms with E-state index in [0.29, 0.717) is 25.3 Å². The molecular weight excluding hydrogens is 404 g/mol. The number of halogens is 1. The summed E-state index contributed by atoms with van der Waals surface area (Å²) in [5, 5.41) is 7.41. The van der Waals surface area contributed by atoms with Gasteiger partial charge < -0.3 is 15.2 Å². The number of hydrogen-bond acceptors (Lipinski definition) is 4. The van der Waals surface area contributed by atoms with E-state index in [-0.39, 0.29) is 5.25 Å². The number of rotatable bonds is 8. The summed E-state index contributed by atoms with van der Waals surface area (Å²) in [7, 11) is 0. The van der Waals surface area contributed by atoms with Gasteiger partial charge in [0, 0.05) is 11.8 Å². The van der Waals surface area contributed by atoms with Crippen molar-refractivity contribution in [3.05, 3.63) is 63.7 Å². The van der Waals surface area contributed by atoms with Crippen molar-refractivity contribution in [2.45, 2.75) is 51.3 Å². The third-order valence-corrected chi connectivity index (χ3v) is 6.66. The standard InChI is InChI=1S/C23H31ClN2O2S/c1-16(2)13-20(29(27)28)14-17-3-5-18(6-4-17)15-26-23-21-10-12-25-11-9-19(21)7-8-22(23)24/h3-8,16,20,25-26H,9-15H2,1-2H3,(H,27,28)/p-1. The Hall–Kier alpha value is -1.40. The molecular formula is C23H30ClN2O2S-. The van der Waals surface area contributed by atoms with E-state index in [1.165, 1.54) is 11.1 Å². The van der Waals surface area contributed by atoms with Crippen molar-refractivity contribution >= 4 is 28.4 Å². The third-order valence-electron chi connectivity index (χ3n) is 5.44. The maximum absolute atomic E-state index is 11.5. The molecule has 2 atom stereocenters. The van der Waals surface area contributed by atoms with Gasteiger partial charge in [-0.1, -0.05) is 66.9 Å². The topological polar surface area (TPSA) is 64.2 Å². The molecule has 4 nitrogen and oxygen atoms in total. The molecule has 2 aromatic carbocycles. The van der Waals surface area contributed by atoms with Gasteiger partial charge >= 0.3 is 0 Å². The van der Waals surface area contributed by atoms with Crippen LogP contribution in [0.3, 0.4) is 0 Å². The molecule has 29 heavy (non-hydrogen) atoms. The molecule has 0 saturated heterocycles. The van der Waals surface area contributed by atoms with E-state index in [9.17, 15) is 8.76 Å². The van der Waals surface area contributed by atoms with Crippen LogP contribution >= 0.6 is 11.6 Å². The molecule has 2 N–H and O–H groups in total. The summed E-state index contributed by atoms with van der Waals surface area (Å²) >= 11 is 4.45. The second-order valence-electron chi connectivity index (χ2n) is 8.20. The van der Waals surface area contributed by atoms with Crippen LogP contribution in [0.25, 0.3) is 0 Å². The summed E-state index contributed by atoms with van der Waals surface area (Å²) < 4.78 is 23.0.